The fourth-order valence-corrected chi connectivity index (χ4v) is 1.83. The van der Waals surface area contributed by atoms with Crippen molar-refractivity contribution in [3.8, 4) is 5.69 Å². The third-order valence-electron chi connectivity index (χ3n) is 2.35. The number of nitrogen functional groups attached to an aromatic ring is 1. The summed E-state index contributed by atoms with van der Waals surface area (Å²) in [5, 5.41) is 12.4. The number of aryl methyl sites for hydroxylation is 2. The van der Waals surface area contributed by atoms with Gasteiger partial charge in [-0.2, -0.15) is 5.10 Å². The maximum atomic E-state index is 7.56. The number of nitrogens with one attached hydrogen (secondary N) is 1. The molecule has 0 radical (unpaired) electrons. The van der Waals surface area contributed by atoms with E-state index in [1.54, 1.807) is 22.9 Å². The smallest absolute Gasteiger partial charge is 0.148 e. The number of halogens is 1. The lowest BCUT2D eigenvalue weighted by molar-refractivity contribution is 0.829. The van der Waals surface area contributed by atoms with Crippen LogP contribution in [0.3, 0.4) is 0 Å². The maximum Gasteiger partial charge on any atom is 0.148 e. The van der Waals surface area contributed by atoms with Crippen LogP contribution in [0.5, 0.6) is 0 Å². The standard InChI is InChI=1S/C11H12ClN5/c1-6-15-7(2)17(16-6)10-4-3-8(12)5-9(10)11(13)14/h3-5H,1-2H3,(H3,13,14). The minimum Gasteiger partial charge on any atom is -0.384 e. The van der Waals surface area contributed by atoms with Crippen molar-refractivity contribution >= 4 is 17.4 Å². The van der Waals surface area contributed by atoms with Gasteiger partial charge in [-0.25, -0.2) is 9.67 Å². The van der Waals surface area contributed by atoms with E-state index in [1.807, 2.05) is 13.8 Å². The SMILES string of the molecule is Cc1nc(C)n(-c2ccc(Cl)cc2C(=N)N)n1. The lowest BCUT2D eigenvalue weighted by Crippen LogP contribution is -2.15. The molecule has 88 valence electrons. The number of benzene rings is 1. The summed E-state index contributed by atoms with van der Waals surface area (Å²) < 4.78 is 1.66. The molecule has 0 aliphatic carbocycles. The Morgan fingerprint density at radius 2 is 2.12 bits per heavy atom. The second-order valence-corrected chi connectivity index (χ2v) is 4.13. The molecular weight excluding hydrogens is 238 g/mol. The average molecular weight is 250 g/mol. The molecule has 0 aliphatic heterocycles. The normalized spacial score (nSPS) is 10.5. The Bertz CT molecular complexity index is 588. The van der Waals surface area contributed by atoms with Gasteiger partial charge < -0.3 is 5.73 Å². The summed E-state index contributed by atoms with van der Waals surface area (Å²) in [6.45, 7) is 3.66. The van der Waals surface area contributed by atoms with Crippen LogP contribution in [0, 0.1) is 19.3 Å². The van der Waals surface area contributed by atoms with E-state index in [-0.39, 0.29) is 5.84 Å². The molecule has 1 aromatic heterocycles. The number of amidine groups is 1. The maximum absolute atomic E-state index is 7.56. The number of hydrogen-bond donors (Lipinski definition) is 2. The van der Waals surface area contributed by atoms with E-state index >= 15 is 0 Å². The summed E-state index contributed by atoms with van der Waals surface area (Å²) >= 11 is 5.90. The van der Waals surface area contributed by atoms with Crippen LogP contribution in [0.15, 0.2) is 18.2 Å². The molecule has 1 aromatic carbocycles. The highest BCUT2D eigenvalue weighted by molar-refractivity contribution is 6.31. The molecule has 0 bridgehead atoms. The van der Waals surface area contributed by atoms with E-state index in [1.165, 1.54) is 0 Å². The third-order valence-corrected chi connectivity index (χ3v) is 2.59. The van der Waals surface area contributed by atoms with Crippen LogP contribution in [0.1, 0.15) is 17.2 Å². The lowest BCUT2D eigenvalue weighted by Gasteiger charge is -2.09. The Morgan fingerprint density at radius 1 is 1.41 bits per heavy atom. The van der Waals surface area contributed by atoms with Crippen molar-refractivity contribution in [2.45, 2.75) is 13.8 Å². The lowest BCUT2D eigenvalue weighted by atomic mass is 10.1. The average Bonchev–Trinajstić information content (AvgIpc) is 2.57. The summed E-state index contributed by atoms with van der Waals surface area (Å²) in [6.07, 6.45) is 0. The monoisotopic (exact) mass is 249 g/mol. The molecule has 0 saturated carbocycles. The van der Waals surface area contributed by atoms with E-state index in [9.17, 15) is 0 Å². The van der Waals surface area contributed by atoms with Crippen LogP contribution >= 0.6 is 11.6 Å². The van der Waals surface area contributed by atoms with Crippen molar-refractivity contribution < 1.29 is 0 Å². The number of nitrogens with zero attached hydrogens (tertiary/aromatic N) is 3. The molecule has 0 aliphatic rings. The van der Waals surface area contributed by atoms with E-state index in [4.69, 9.17) is 22.7 Å². The number of hydrogen-bond acceptors (Lipinski definition) is 3. The molecule has 0 atom stereocenters. The first kappa shape index (κ1) is 11.6. The molecule has 3 N–H and O–H groups in total. The third kappa shape index (κ3) is 2.14. The van der Waals surface area contributed by atoms with Crippen molar-refractivity contribution in [2.75, 3.05) is 0 Å². The Labute approximate surface area is 104 Å². The van der Waals surface area contributed by atoms with Crippen LogP contribution < -0.4 is 5.73 Å². The Hall–Kier alpha value is -1.88. The molecule has 6 heteroatoms. The van der Waals surface area contributed by atoms with E-state index in [2.05, 4.69) is 10.1 Å². The van der Waals surface area contributed by atoms with Gasteiger partial charge in [0.2, 0.25) is 0 Å². The second-order valence-electron chi connectivity index (χ2n) is 3.69. The first-order chi connectivity index (χ1) is 7.99. The molecule has 1 heterocycles. The minimum absolute atomic E-state index is 0.0462. The highest BCUT2D eigenvalue weighted by atomic mass is 35.5. The zero-order valence-corrected chi connectivity index (χ0v) is 10.3. The van der Waals surface area contributed by atoms with Gasteiger partial charge in [0.25, 0.3) is 0 Å². The predicted molar refractivity (Wildman–Crippen MR) is 66.9 cm³/mol. The zero-order valence-electron chi connectivity index (χ0n) is 9.53. The van der Waals surface area contributed by atoms with Crippen LogP contribution in [0.25, 0.3) is 5.69 Å². The first-order valence-corrected chi connectivity index (χ1v) is 5.41. The second kappa shape index (κ2) is 4.18. The molecule has 5 nitrogen and oxygen atoms in total. The Kier molecular flexibility index (Phi) is 2.85. The molecule has 0 saturated heterocycles. The summed E-state index contributed by atoms with van der Waals surface area (Å²) in [6, 6.07) is 5.16. The van der Waals surface area contributed by atoms with Crippen LogP contribution in [0.4, 0.5) is 0 Å². The van der Waals surface area contributed by atoms with Gasteiger partial charge >= 0.3 is 0 Å². The summed E-state index contributed by atoms with van der Waals surface area (Å²) in [5.74, 6) is 1.37. The van der Waals surface area contributed by atoms with Crippen molar-refractivity contribution in [3.63, 3.8) is 0 Å². The highest BCUT2D eigenvalue weighted by Crippen LogP contribution is 2.20. The molecule has 2 rings (SSSR count). The van der Waals surface area contributed by atoms with Crippen molar-refractivity contribution in [3.05, 3.63) is 40.4 Å². The van der Waals surface area contributed by atoms with Gasteiger partial charge in [0.15, 0.2) is 0 Å². The van der Waals surface area contributed by atoms with E-state index < -0.39 is 0 Å². The van der Waals surface area contributed by atoms with Crippen LogP contribution in [-0.2, 0) is 0 Å². The molecule has 0 spiro atoms. The minimum atomic E-state index is -0.0462. The van der Waals surface area contributed by atoms with Gasteiger partial charge in [-0.1, -0.05) is 11.6 Å². The highest BCUT2D eigenvalue weighted by Gasteiger charge is 2.12. The summed E-state index contributed by atoms with van der Waals surface area (Å²) in [7, 11) is 0. The van der Waals surface area contributed by atoms with Gasteiger partial charge in [0.05, 0.1) is 5.69 Å². The molecule has 0 fully saturated rings. The first-order valence-electron chi connectivity index (χ1n) is 5.03. The zero-order chi connectivity index (χ0) is 12.6. The van der Waals surface area contributed by atoms with Crippen molar-refractivity contribution in [1.29, 1.82) is 5.41 Å². The predicted octanol–water partition coefficient (Wildman–Crippen LogP) is 1.82. The Morgan fingerprint density at radius 3 is 2.65 bits per heavy atom. The fourth-order valence-electron chi connectivity index (χ4n) is 1.66. The quantitative estimate of drug-likeness (QED) is 0.629. The van der Waals surface area contributed by atoms with Crippen molar-refractivity contribution in [1.82, 2.24) is 14.8 Å². The van der Waals surface area contributed by atoms with Gasteiger partial charge in [0.1, 0.15) is 17.5 Å². The van der Waals surface area contributed by atoms with E-state index in [0.717, 1.165) is 5.82 Å². The number of nitrogens with two attached hydrogens (primary N) is 1. The molecule has 0 unspecified atom stereocenters. The largest absolute Gasteiger partial charge is 0.384 e. The Balaban J connectivity index is 2.67. The summed E-state index contributed by atoms with van der Waals surface area (Å²) in [4.78, 5) is 4.22. The van der Waals surface area contributed by atoms with Gasteiger partial charge in [-0.05, 0) is 32.0 Å². The summed E-state index contributed by atoms with van der Waals surface area (Å²) in [5.41, 5.74) is 6.80. The van der Waals surface area contributed by atoms with Crippen LogP contribution in [0.2, 0.25) is 5.02 Å². The van der Waals surface area contributed by atoms with Gasteiger partial charge in [-0.15, -0.1) is 0 Å². The topological polar surface area (TPSA) is 80.6 Å². The van der Waals surface area contributed by atoms with E-state index in [0.29, 0.717) is 22.1 Å². The number of rotatable bonds is 2. The van der Waals surface area contributed by atoms with Gasteiger partial charge in [0, 0.05) is 10.6 Å². The van der Waals surface area contributed by atoms with Gasteiger partial charge in [-0.3, -0.25) is 5.41 Å². The molecule has 0 amide bonds. The fraction of sp³-hybridized carbons (Fsp3) is 0.182. The molecule has 17 heavy (non-hydrogen) atoms. The molecular formula is C11H12ClN5. The van der Waals surface area contributed by atoms with Crippen LogP contribution in [-0.4, -0.2) is 20.6 Å². The van der Waals surface area contributed by atoms with Crippen molar-refractivity contribution in [2.24, 2.45) is 5.73 Å². The number of aromatic nitrogens is 3. The molecule has 2 aromatic rings.